The van der Waals surface area contributed by atoms with Gasteiger partial charge < -0.3 is 15.8 Å². The Morgan fingerprint density at radius 3 is 2.42 bits per heavy atom. The molecule has 0 aromatic heterocycles. The molecule has 0 saturated carbocycles. The van der Waals surface area contributed by atoms with Crippen LogP contribution in [-0.2, 0) is 0 Å². The first-order chi connectivity index (χ1) is 8.46. The second-order valence-electron chi connectivity index (χ2n) is 4.52. The van der Waals surface area contributed by atoms with Crippen molar-refractivity contribution in [2.24, 2.45) is 10.7 Å². The normalized spacial score (nSPS) is 11.7. The molecule has 3 N–H and O–H groups in total. The van der Waals surface area contributed by atoms with Crippen LogP contribution in [0.5, 0.6) is 5.75 Å². The summed E-state index contributed by atoms with van der Waals surface area (Å²) in [6.45, 7) is 4.97. The molecule has 6 heteroatoms. The summed E-state index contributed by atoms with van der Waals surface area (Å²) in [4.78, 5) is 4.34. The van der Waals surface area contributed by atoms with Crippen LogP contribution in [0.15, 0.2) is 29.3 Å². The minimum Gasteiger partial charge on any atom is -0.497 e. The van der Waals surface area contributed by atoms with Gasteiger partial charge in [-0.3, -0.25) is 4.99 Å². The fourth-order valence-corrected chi connectivity index (χ4v) is 1.40. The molecule has 4 nitrogen and oxygen atoms in total. The highest BCUT2D eigenvalue weighted by molar-refractivity contribution is 14.0. The van der Waals surface area contributed by atoms with Crippen molar-refractivity contribution >= 4 is 47.4 Å². The molecule has 0 unspecified atom stereocenters. The van der Waals surface area contributed by atoms with Gasteiger partial charge >= 0.3 is 0 Å². The molecular formula is C13H22IN3OS. The lowest BCUT2D eigenvalue weighted by Crippen LogP contribution is -2.27. The standard InChI is InChI=1S/C13H21N3OS.HI/c1-13(2,18-4)9-15-12(14)16-10-5-7-11(17-3)8-6-10;/h5-8H,9H2,1-4H3,(H3,14,15,16);1H. The van der Waals surface area contributed by atoms with Crippen molar-refractivity contribution in [3.63, 3.8) is 0 Å². The van der Waals surface area contributed by atoms with Crippen LogP contribution in [0.3, 0.4) is 0 Å². The maximum absolute atomic E-state index is 5.84. The lowest BCUT2D eigenvalue weighted by molar-refractivity contribution is 0.415. The SMILES string of the molecule is COc1ccc(NC(N)=NCC(C)(C)SC)cc1.I. The number of rotatable bonds is 5. The number of methoxy groups -OCH3 is 1. The minimum absolute atomic E-state index is 0. The fourth-order valence-electron chi connectivity index (χ4n) is 1.20. The van der Waals surface area contributed by atoms with Crippen LogP contribution < -0.4 is 15.8 Å². The molecule has 0 amide bonds. The third kappa shape index (κ3) is 6.91. The second-order valence-corrected chi connectivity index (χ2v) is 6.03. The Balaban J connectivity index is 0.00000324. The maximum Gasteiger partial charge on any atom is 0.193 e. The van der Waals surface area contributed by atoms with Gasteiger partial charge in [0.2, 0.25) is 0 Å². The summed E-state index contributed by atoms with van der Waals surface area (Å²) in [5, 5.41) is 3.05. The molecule has 0 aliphatic rings. The number of hydrogen-bond donors (Lipinski definition) is 2. The Labute approximate surface area is 136 Å². The van der Waals surface area contributed by atoms with E-state index in [0.29, 0.717) is 12.5 Å². The molecule has 0 saturated heterocycles. The van der Waals surface area contributed by atoms with Crippen LogP contribution in [0, 0.1) is 0 Å². The third-order valence-corrected chi connectivity index (χ3v) is 3.78. The number of nitrogens with one attached hydrogen (secondary N) is 1. The van der Waals surface area contributed by atoms with Crippen molar-refractivity contribution in [3.8, 4) is 5.75 Å². The van der Waals surface area contributed by atoms with Gasteiger partial charge in [0.05, 0.1) is 13.7 Å². The van der Waals surface area contributed by atoms with Gasteiger partial charge in [-0.25, -0.2) is 0 Å². The number of aliphatic imine (C=N–C) groups is 1. The highest BCUT2D eigenvalue weighted by Gasteiger charge is 2.14. The molecule has 1 aromatic rings. The van der Waals surface area contributed by atoms with Crippen LogP contribution in [-0.4, -0.2) is 30.6 Å². The van der Waals surface area contributed by atoms with E-state index in [-0.39, 0.29) is 28.7 Å². The quantitative estimate of drug-likeness (QED) is 0.457. The molecule has 19 heavy (non-hydrogen) atoms. The van der Waals surface area contributed by atoms with E-state index in [4.69, 9.17) is 10.5 Å². The Kier molecular flexibility index (Phi) is 8.24. The highest BCUT2D eigenvalue weighted by atomic mass is 127. The van der Waals surface area contributed by atoms with Gasteiger partial charge in [-0.2, -0.15) is 11.8 Å². The Hall–Kier alpha value is -0.630. The molecule has 0 radical (unpaired) electrons. The minimum atomic E-state index is 0. The molecule has 1 rings (SSSR count). The molecule has 0 aliphatic carbocycles. The fraction of sp³-hybridized carbons (Fsp3) is 0.462. The molecule has 0 heterocycles. The van der Waals surface area contributed by atoms with Crippen molar-refractivity contribution in [2.45, 2.75) is 18.6 Å². The van der Waals surface area contributed by atoms with E-state index < -0.39 is 0 Å². The van der Waals surface area contributed by atoms with Crippen molar-refractivity contribution in [1.29, 1.82) is 0 Å². The number of ether oxygens (including phenoxy) is 1. The molecule has 0 fully saturated rings. The van der Waals surface area contributed by atoms with Gasteiger partial charge in [-0.1, -0.05) is 0 Å². The van der Waals surface area contributed by atoms with E-state index in [1.165, 1.54) is 0 Å². The summed E-state index contributed by atoms with van der Waals surface area (Å²) in [5.74, 6) is 1.25. The average molecular weight is 395 g/mol. The number of nitrogens with two attached hydrogens (primary N) is 1. The number of halogens is 1. The number of thioether (sulfide) groups is 1. The monoisotopic (exact) mass is 395 g/mol. The zero-order chi connectivity index (χ0) is 13.6. The summed E-state index contributed by atoms with van der Waals surface area (Å²) in [7, 11) is 1.64. The first kappa shape index (κ1) is 18.4. The number of nitrogens with zero attached hydrogens (tertiary/aromatic N) is 1. The molecule has 0 bridgehead atoms. The van der Waals surface area contributed by atoms with Crippen LogP contribution >= 0.6 is 35.7 Å². The summed E-state index contributed by atoms with van der Waals surface area (Å²) >= 11 is 1.77. The Morgan fingerprint density at radius 1 is 1.37 bits per heavy atom. The van der Waals surface area contributed by atoms with Crippen molar-refractivity contribution in [3.05, 3.63) is 24.3 Å². The van der Waals surface area contributed by atoms with Crippen molar-refractivity contribution < 1.29 is 4.74 Å². The van der Waals surface area contributed by atoms with Crippen LogP contribution in [0.2, 0.25) is 0 Å². The molecule has 0 aliphatic heterocycles. The Bertz CT molecular complexity index is 407. The van der Waals surface area contributed by atoms with Crippen LogP contribution in [0.1, 0.15) is 13.8 Å². The van der Waals surface area contributed by atoms with E-state index in [9.17, 15) is 0 Å². The zero-order valence-corrected chi connectivity index (χ0v) is 14.9. The van der Waals surface area contributed by atoms with Gasteiger partial charge in [0.15, 0.2) is 5.96 Å². The summed E-state index contributed by atoms with van der Waals surface area (Å²) in [6.07, 6.45) is 2.07. The van der Waals surface area contributed by atoms with Crippen molar-refractivity contribution in [2.75, 3.05) is 25.2 Å². The van der Waals surface area contributed by atoms with Gasteiger partial charge in [-0.05, 0) is 44.4 Å². The summed E-state index contributed by atoms with van der Waals surface area (Å²) < 4.78 is 5.19. The topological polar surface area (TPSA) is 59.6 Å². The second kappa shape index (κ2) is 8.52. The van der Waals surface area contributed by atoms with Crippen molar-refractivity contribution in [1.82, 2.24) is 0 Å². The van der Waals surface area contributed by atoms with Gasteiger partial charge in [0.25, 0.3) is 0 Å². The molecule has 0 spiro atoms. The summed E-state index contributed by atoms with van der Waals surface area (Å²) in [5.41, 5.74) is 6.74. The maximum atomic E-state index is 5.84. The first-order valence-electron chi connectivity index (χ1n) is 5.73. The number of hydrogen-bond acceptors (Lipinski definition) is 3. The lowest BCUT2D eigenvalue weighted by atomic mass is 10.2. The van der Waals surface area contributed by atoms with E-state index in [0.717, 1.165) is 11.4 Å². The first-order valence-corrected chi connectivity index (χ1v) is 6.95. The average Bonchev–Trinajstić information content (AvgIpc) is 2.37. The molecule has 108 valence electrons. The Morgan fingerprint density at radius 2 is 1.95 bits per heavy atom. The van der Waals surface area contributed by atoms with Gasteiger partial charge in [-0.15, -0.1) is 24.0 Å². The smallest absolute Gasteiger partial charge is 0.193 e. The molecule has 1 aromatic carbocycles. The van der Waals surface area contributed by atoms with Crippen LogP contribution in [0.4, 0.5) is 5.69 Å². The largest absolute Gasteiger partial charge is 0.497 e. The molecular weight excluding hydrogens is 373 g/mol. The number of benzene rings is 1. The predicted molar refractivity (Wildman–Crippen MR) is 96.1 cm³/mol. The predicted octanol–water partition coefficient (Wildman–Crippen LogP) is 3.18. The molecule has 0 atom stereocenters. The lowest BCUT2D eigenvalue weighted by Gasteiger charge is -2.19. The van der Waals surface area contributed by atoms with E-state index in [1.54, 1.807) is 18.9 Å². The van der Waals surface area contributed by atoms with Gasteiger partial charge in [0, 0.05) is 10.4 Å². The highest BCUT2D eigenvalue weighted by Crippen LogP contribution is 2.21. The third-order valence-electron chi connectivity index (χ3n) is 2.55. The van der Waals surface area contributed by atoms with E-state index in [2.05, 4.69) is 30.4 Å². The number of guanidine groups is 1. The van der Waals surface area contributed by atoms with Gasteiger partial charge in [0.1, 0.15) is 5.75 Å². The van der Waals surface area contributed by atoms with E-state index >= 15 is 0 Å². The number of anilines is 1. The van der Waals surface area contributed by atoms with Crippen LogP contribution in [0.25, 0.3) is 0 Å². The summed E-state index contributed by atoms with van der Waals surface area (Å²) in [6, 6.07) is 7.56. The van der Waals surface area contributed by atoms with E-state index in [1.807, 2.05) is 24.3 Å². The zero-order valence-electron chi connectivity index (χ0n) is 11.8.